The molecule has 1 saturated heterocycles. The highest BCUT2D eigenvalue weighted by Crippen LogP contribution is 2.36. The average Bonchev–Trinajstić information content (AvgIpc) is 3.06. The normalized spacial score (nSPS) is 14.8. The summed E-state index contributed by atoms with van der Waals surface area (Å²) in [4.78, 5) is 14.7. The van der Waals surface area contributed by atoms with E-state index in [4.69, 9.17) is 21.7 Å². The third-order valence-electron chi connectivity index (χ3n) is 4.67. The molecule has 4 nitrogen and oxygen atoms in total. The van der Waals surface area contributed by atoms with Crippen molar-refractivity contribution in [1.82, 2.24) is 0 Å². The molecular weight excluding hydrogens is 445 g/mol. The van der Waals surface area contributed by atoms with Gasteiger partial charge in [-0.1, -0.05) is 48.2 Å². The van der Waals surface area contributed by atoms with E-state index in [-0.39, 0.29) is 11.7 Å². The summed E-state index contributed by atoms with van der Waals surface area (Å²) in [6.07, 6.45) is 1.79. The number of thiocarbonyl (C=S) groups is 1. The van der Waals surface area contributed by atoms with Gasteiger partial charge in [-0.15, -0.1) is 0 Å². The van der Waals surface area contributed by atoms with E-state index in [1.165, 1.54) is 40.9 Å². The summed E-state index contributed by atoms with van der Waals surface area (Å²) >= 11 is 6.57. The molecule has 0 saturated carbocycles. The molecule has 4 rings (SSSR count). The number of amides is 1. The number of carbonyl (C=O) groups is 1. The van der Waals surface area contributed by atoms with Crippen LogP contribution in [0.3, 0.4) is 0 Å². The van der Waals surface area contributed by atoms with Crippen LogP contribution in [0, 0.1) is 12.7 Å². The molecule has 0 radical (unpaired) electrons. The SMILES string of the molecule is Cc1cccc(OCCOc2ccc(C=C3SC(=S)N(c4ccc(F)cc4)C3=O)cc2)c1. The molecule has 1 amide bonds. The van der Waals surface area contributed by atoms with Crippen molar-refractivity contribution in [3.8, 4) is 11.5 Å². The van der Waals surface area contributed by atoms with Crippen molar-refractivity contribution in [2.75, 3.05) is 18.1 Å². The number of nitrogens with zero attached hydrogens (tertiary/aromatic N) is 1. The maximum atomic E-state index is 13.2. The van der Waals surface area contributed by atoms with Crippen LogP contribution < -0.4 is 14.4 Å². The van der Waals surface area contributed by atoms with Crippen LogP contribution in [-0.2, 0) is 4.79 Å². The monoisotopic (exact) mass is 465 g/mol. The molecule has 162 valence electrons. The van der Waals surface area contributed by atoms with Crippen LogP contribution in [0.25, 0.3) is 6.08 Å². The van der Waals surface area contributed by atoms with Crippen molar-refractivity contribution in [1.29, 1.82) is 0 Å². The van der Waals surface area contributed by atoms with E-state index in [0.717, 1.165) is 16.9 Å². The van der Waals surface area contributed by atoms with Gasteiger partial charge in [-0.2, -0.15) is 0 Å². The summed E-state index contributed by atoms with van der Waals surface area (Å²) in [7, 11) is 0. The summed E-state index contributed by atoms with van der Waals surface area (Å²) in [6.45, 7) is 2.88. The van der Waals surface area contributed by atoms with Gasteiger partial charge in [0.05, 0.1) is 10.6 Å². The molecular formula is C25H20FNO3S2. The van der Waals surface area contributed by atoms with Crippen molar-refractivity contribution in [3.05, 3.63) is 94.6 Å². The Balaban J connectivity index is 1.34. The fraction of sp³-hybridized carbons (Fsp3) is 0.120. The van der Waals surface area contributed by atoms with Gasteiger partial charge < -0.3 is 9.47 Å². The summed E-state index contributed by atoms with van der Waals surface area (Å²) in [5.41, 5.74) is 2.55. The quantitative estimate of drug-likeness (QED) is 0.243. The van der Waals surface area contributed by atoms with Gasteiger partial charge in [-0.25, -0.2) is 4.39 Å². The predicted octanol–water partition coefficient (Wildman–Crippen LogP) is 6.00. The van der Waals surface area contributed by atoms with Crippen LogP contribution in [0.5, 0.6) is 11.5 Å². The Hall–Kier alpha value is -3.16. The molecule has 1 aliphatic rings. The third-order valence-corrected chi connectivity index (χ3v) is 5.97. The minimum Gasteiger partial charge on any atom is -0.490 e. The van der Waals surface area contributed by atoms with E-state index in [2.05, 4.69) is 0 Å². The second kappa shape index (κ2) is 9.97. The maximum Gasteiger partial charge on any atom is 0.270 e. The minimum absolute atomic E-state index is 0.222. The Labute approximate surface area is 195 Å². The second-order valence-corrected chi connectivity index (χ2v) is 8.75. The summed E-state index contributed by atoms with van der Waals surface area (Å²) in [6, 6.07) is 21.0. The van der Waals surface area contributed by atoms with Crippen LogP contribution in [-0.4, -0.2) is 23.4 Å². The van der Waals surface area contributed by atoms with Crippen molar-refractivity contribution in [2.45, 2.75) is 6.92 Å². The van der Waals surface area contributed by atoms with Gasteiger partial charge in [0, 0.05) is 0 Å². The Bertz CT molecular complexity index is 1160. The first-order chi connectivity index (χ1) is 15.5. The molecule has 0 aliphatic carbocycles. The molecule has 0 atom stereocenters. The lowest BCUT2D eigenvalue weighted by molar-refractivity contribution is -0.113. The molecule has 0 unspecified atom stereocenters. The van der Waals surface area contributed by atoms with E-state index in [1.54, 1.807) is 6.08 Å². The molecule has 32 heavy (non-hydrogen) atoms. The lowest BCUT2D eigenvalue weighted by Gasteiger charge is -2.14. The largest absolute Gasteiger partial charge is 0.490 e. The number of hydrogen-bond acceptors (Lipinski definition) is 5. The maximum absolute atomic E-state index is 13.2. The molecule has 3 aromatic carbocycles. The first-order valence-corrected chi connectivity index (χ1v) is 11.2. The molecule has 0 bridgehead atoms. The molecule has 0 aromatic heterocycles. The van der Waals surface area contributed by atoms with E-state index in [0.29, 0.717) is 33.9 Å². The molecule has 1 heterocycles. The highest BCUT2D eigenvalue weighted by atomic mass is 32.2. The standard InChI is InChI=1S/C25H20FNO3S2/c1-17-3-2-4-22(15-17)30-14-13-29-21-11-5-18(6-12-21)16-23-24(28)27(25(31)32-23)20-9-7-19(26)8-10-20/h2-12,15-16H,13-14H2,1H3. The van der Waals surface area contributed by atoms with Gasteiger partial charge in [-0.05, 0) is 72.7 Å². The molecule has 7 heteroatoms. The smallest absolute Gasteiger partial charge is 0.270 e. The fourth-order valence-corrected chi connectivity index (χ4v) is 4.42. The van der Waals surface area contributed by atoms with Gasteiger partial charge in [0.15, 0.2) is 4.32 Å². The number of hydrogen-bond donors (Lipinski definition) is 0. The van der Waals surface area contributed by atoms with Crippen LogP contribution in [0.15, 0.2) is 77.7 Å². The Morgan fingerprint density at radius 3 is 2.34 bits per heavy atom. The highest BCUT2D eigenvalue weighted by Gasteiger charge is 2.33. The predicted molar refractivity (Wildman–Crippen MR) is 131 cm³/mol. The fourth-order valence-electron chi connectivity index (χ4n) is 3.12. The topological polar surface area (TPSA) is 38.8 Å². The zero-order valence-electron chi connectivity index (χ0n) is 17.3. The summed E-state index contributed by atoms with van der Waals surface area (Å²) in [5, 5.41) is 0. The Kier molecular flexibility index (Phi) is 6.87. The van der Waals surface area contributed by atoms with Crippen molar-refractivity contribution >= 4 is 46.0 Å². The minimum atomic E-state index is -0.362. The highest BCUT2D eigenvalue weighted by molar-refractivity contribution is 8.27. The zero-order valence-corrected chi connectivity index (χ0v) is 18.9. The molecule has 0 spiro atoms. The lowest BCUT2D eigenvalue weighted by atomic mass is 10.2. The molecule has 1 aliphatic heterocycles. The van der Waals surface area contributed by atoms with Gasteiger partial charge in [0.25, 0.3) is 5.91 Å². The number of ether oxygens (including phenoxy) is 2. The van der Waals surface area contributed by atoms with Gasteiger partial charge in [-0.3, -0.25) is 9.69 Å². The van der Waals surface area contributed by atoms with Crippen LogP contribution in [0.2, 0.25) is 0 Å². The number of aryl methyl sites for hydroxylation is 1. The first-order valence-electron chi connectivity index (χ1n) is 9.95. The molecule has 3 aromatic rings. The first kappa shape index (κ1) is 22.0. The van der Waals surface area contributed by atoms with Gasteiger partial charge in [0.2, 0.25) is 0 Å². The second-order valence-electron chi connectivity index (χ2n) is 7.08. The van der Waals surface area contributed by atoms with E-state index in [9.17, 15) is 9.18 Å². The molecule has 1 fully saturated rings. The summed E-state index contributed by atoms with van der Waals surface area (Å²) in [5.74, 6) is 0.953. The number of rotatable bonds is 7. The van der Waals surface area contributed by atoms with E-state index >= 15 is 0 Å². The zero-order chi connectivity index (χ0) is 22.5. The van der Waals surface area contributed by atoms with Crippen LogP contribution in [0.1, 0.15) is 11.1 Å². The molecule has 0 N–H and O–H groups in total. The average molecular weight is 466 g/mol. The van der Waals surface area contributed by atoms with E-state index < -0.39 is 0 Å². The Morgan fingerprint density at radius 1 is 0.969 bits per heavy atom. The number of halogens is 1. The third kappa shape index (κ3) is 5.36. The Morgan fingerprint density at radius 2 is 1.66 bits per heavy atom. The van der Waals surface area contributed by atoms with Crippen molar-refractivity contribution < 1.29 is 18.7 Å². The number of carbonyl (C=O) groups excluding carboxylic acids is 1. The number of benzene rings is 3. The van der Waals surface area contributed by atoms with Gasteiger partial charge >= 0.3 is 0 Å². The van der Waals surface area contributed by atoms with Crippen molar-refractivity contribution in [3.63, 3.8) is 0 Å². The number of anilines is 1. The lowest BCUT2D eigenvalue weighted by Crippen LogP contribution is -2.27. The van der Waals surface area contributed by atoms with Crippen LogP contribution in [0.4, 0.5) is 10.1 Å². The van der Waals surface area contributed by atoms with Crippen molar-refractivity contribution in [2.24, 2.45) is 0 Å². The van der Waals surface area contributed by atoms with E-state index in [1.807, 2.05) is 55.5 Å². The summed E-state index contributed by atoms with van der Waals surface area (Å²) < 4.78 is 25.0. The number of thioether (sulfide) groups is 1. The van der Waals surface area contributed by atoms with Gasteiger partial charge in [0.1, 0.15) is 30.5 Å². The van der Waals surface area contributed by atoms with Crippen LogP contribution >= 0.6 is 24.0 Å².